The zero-order chi connectivity index (χ0) is 14.2. The highest BCUT2D eigenvalue weighted by molar-refractivity contribution is 5.89. The number of benzene rings is 1. The van der Waals surface area contributed by atoms with Crippen molar-refractivity contribution < 1.29 is 4.79 Å². The molecule has 0 spiro atoms. The lowest BCUT2D eigenvalue weighted by atomic mass is 10.1. The molecule has 1 aliphatic carbocycles. The van der Waals surface area contributed by atoms with Crippen LogP contribution in [0.5, 0.6) is 0 Å². The highest BCUT2D eigenvalue weighted by atomic mass is 35.5. The summed E-state index contributed by atoms with van der Waals surface area (Å²) < 4.78 is 0. The van der Waals surface area contributed by atoms with E-state index in [1.807, 2.05) is 6.07 Å². The highest BCUT2D eigenvalue weighted by Crippen LogP contribution is 2.32. The van der Waals surface area contributed by atoms with Crippen LogP contribution in [0.2, 0.25) is 0 Å². The predicted octanol–water partition coefficient (Wildman–Crippen LogP) is 2.10. The van der Waals surface area contributed by atoms with Crippen molar-refractivity contribution in [3.63, 3.8) is 0 Å². The van der Waals surface area contributed by atoms with E-state index in [1.54, 1.807) is 0 Å². The molecule has 1 saturated heterocycles. The normalized spacial score (nSPS) is 25.7. The van der Waals surface area contributed by atoms with Crippen molar-refractivity contribution in [1.29, 1.82) is 0 Å². The van der Waals surface area contributed by atoms with Crippen molar-refractivity contribution in [1.82, 2.24) is 10.2 Å². The molecule has 1 amide bonds. The largest absolute Gasteiger partial charge is 0.350 e. The Morgan fingerprint density at radius 3 is 2.55 bits per heavy atom. The van der Waals surface area contributed by atoms with Crippen LogP contribution in [0, 0.1) is 0 Å². The second-order valence-corrected chi connectivity index (χ2v) is 6.33. The molecule has 2 fully saturated rings. The summed E-state index contributed by atoms with van der Waals surface area (Å²) in [4.78, 5) is 14.4. The minimum atomic E-state index is -0.559. The van der Waals surface area contributed by atoms with E-state index in [2.05, 4.69) is 41.4 Å². The van der Waals surface area contributed by atoms with Crippen LogP contribution >= 0.6 is 24.8 Å². The molecular weight excluding hydrogens is 321 g/mol. The first-order chi connectivity index (χ1) is 9.57. The Labute approximate surface area is 144 Å². The quantitative estimate of drug-likeness (QED) is 0.878. The average molecular weight is 346 g/mol. The number of hydrogen-bond donors (Lipinski definition) is 2. The summed E-state index contributed by atoms with van der Waals surface area (Å²) in [5, 5.41) is 3.12. The van der Waals surface area contributed by atoms with E-state index in [0.717, 1.165) is 32.4 Å². The molecule has 6 heteroatoms. The summed E-state index contributed by atoms with van der Waals surface area (Å²) in [5.41, 5.74) is 6.70. The van der Waals surface area contributed by atoms with E-state index >= 15 is 0 Å². The fourth-order valence-electron chi connectivity index (χ4n) is 2.93. The summed E-state index contributed by atoms with van der Waals surface area (Å²) in [5.74, 6) is 0.0382. The van der Waals surface area contributed by atoms with Crippen molar-refractivity contribution in [2.45, 2.75) is 50.4 Å². The van der Waals surface area contributed by atoms with Crippen LogP contribution in [0.4, 0.5) is 0 Å². The first kappa shape index (κ1) is 19.2. The second-order valence-electron chi connectivity index (χ2n) is 6.33. The third-order valence-corrected chi connectivity index (χ3v) is 4.51. The Kier molecular flexibility index (Phi) is 6.68. The van der Waals surface area contributed by atoms with Crippen LogP contribution in [0.25, 0.3) is 0 Å². The fourth-order valence-corrected chi connectivity index (χ4v) is 2.93. The van der Waals surface area contributed by atoms with Gasteiger partial charge >= 0.3 is 0 Å². The zero-order valence-corrected chi connectivity index (χ0v) is 14.5. The zero-order valence-electron chi connectivity index (χ0n) is 12.8. The van der Waals surface area contributed by atoms with Crippen LogP contribution < -0.4 is 11.1 Å². The van der Waals surface area contributed by atoms with Gasteiger partial charge in [-0.25, -0.2) is 0 Å². The number of rotatable bonds is 4. The summed E-state index contributed by atoms with van der Waals surface area (Å²) >= 11 is 0. The van der Waals surface area contributed by atoms with E-state index in [9.17, 15) is 4.79 Å². The maximum Gasteiger partial charge on any atom is 0.240 e. The van der Waals surface area contributed by atoms with Crippen molar-refractivity contribution in [3.8, 4) is 0 Å². The number of likely N-dealkylation sites (tertiary alicyclic amines) is 1. The van der Waals surface area contributed by atoms with Gasteiger partial charge in [0.2, 0.25) is 5.91 Å². The minimum absolute atomic E-state index is 0. The Morgan fingerprint density at radius 2 is 1.95 bits per heavy atom. The number of hydrogen-bond acceptors (Lipinski definition) is 3. The van der Waals surface area contributed by atoms with Crippen molar-refractivity contribution in [2.24, 2.45) is 5.73 Å². The SMILES string of the molecule is CC1CC(NC(=O)C2(N)CC2)CN1Cc1ccccc1.Cl.Cl. The summed E-state index contributed by atoms with van der Waals surface area (Å²) in [6.07, 6.45) is 2.67. The number of nitrogens with two attached hydrogens (primary N) is 1. The topological polar surface area (TPSA) is 58.4 Å². The molecule has 124 valence electrons. The fraction of sp³-hybridized carbons (Fsp3) is 0.562. The predicted molar refractivity (Wildman–Crippen MR) is 93.5 cm³/mol. The minimum Gasteiger partial charge on any atom is -0.350 e. The average Bonchev–Trinajstić information content (AvgIpc) is 3.09. The number of carbonyl (C=O) groups is 1. The van der Waals surface area contributed by atoms with Crippen LogP contribution in [0.15, 0.2) is 30.3 Å². The standard InChI is InChI=1S/C16H23N3O.2ClH/c1-12-9-14(18-15(20)16(17)7-8-16)11-19(12)10-13-5-3-2-4-6-13;;/h2-6,12,14H,7-11,17H2,1H3,(H,18,20);2*1H. The molecule has 4 nitrogen and oxygen atoms in total. The van der Waals surface area contributed by atoms with E-state index in [4.69, 9.17) is 5.73 Å². The Bertz CT molecular complexity index is 493. The molecule has 2 aliphatic rings. The van der Waals surface area contributed by atoms with Gasteiger partial charge in [-0.3, -0.25) is 9.69 Å². The number of nitrogens with zero attached hydrogens (tertiary/aromatic N) is 1. The van der Waals surface area contributed by atoms with E-state index < -0.39 is 5.54 Å². The van der Waals surface area contributed by atoms with Gasteiger partial charge in [0.25, 0.3) is 0 Å². The second kappa shape index (κ2) is 7.64. The van der Waals surface area contributed by atoms with Crippen LogP contribution in [-0.4, -0.2) is 35.0 Å². The lowest BCUT2D eigenvalue weighted by Crippen LogP contribution is -2.47. The van der Waals surface area contributed by atoms with Crippen molar-refractivity contribution in [3.05, 3.63) is 35.9 Å². The van der Waals surface area contributed by atoms with Gasteiger partial charge in [-0.15, -0.1) is 24.8 Å². The molecule has 1 aromatic rings. The van der Waals surface area contributed by atoms with Crippen LogP contribution in [0.3, 0.4) is 0 Å². The van der Waals surface area contributed by atoms with E-state index in [0.29, 0.717) is 6.04 Å². The van der Waals surface area contributed by atoms with Crippen molar-refractivity contribution >= 4 is 30.7 Å². The molecule has 3 N–H and O–H groups in total. The van der Waals surface area contributed by atoms with Gasteiger partial charge < -0.3 is 11.1 Å². The number of amides is 1. The van der Waals surface area contributed by atoms with Crippen LogP contribution in [0.1, 0.15) is 31.7 Å². The molecule has 2 unspecified atom stereocenters. The number of halogens is 2. The molecule has 2 atom stereocenters. The van der Waals surface area contributed by atoms with Gasteiger partial charge in [-0.2, -0.15) is 0 Å². The highest BCUT2D eigenvalue weighted by Gasteiger charge is 2.47. The molecule has 3 rings (SSSR count). The Hall–Kier alpha value is -0.810. The summed E-state index contributed by atoms with van der Waals surface area (Å²) in [6.45, 7) is 4.09. The van der Waals surface area contributed by atoms with Gasteiger partial charge in [0.1, 0.15) is 0 Å². The smallest absolute Gasteiger partial charge is 0.240 e. The van der Waals surface area contributed by atoms with E-state index in [-0.39, 0.29) is 36.8 Å². The lowest BCUT2D eigenvalue weighted by Gasteiger charge is -2.21. The van der Waals surface area contributed by atoms with E-state index in [1.165, 1.54) is 5.56 Å². The lowest BCUT2D eigenvalue weighted by molar-refractivity contribution is -0.123. The van der Waals surface area contributed by atoms with Crippen molar-refractivity contribution in [2.75, 3.05) is 6.54 Å². The maximum atomic E-state index is 12.0. The molecule has 1 aliphatic heterocycles. The Balaban J connectivity index is 0.00000121. The molecular formula is C16H25Cl2N3O. The third-order valence-electron chi connectivity index (χ3n) is 4.51. The molecule has 0 radical (unpaired) electrons. The van der Waals surface area contributed by atoms with Crippen LogP contribution in [-0.2, 0) is 11.3 Å². The van der Waals surface area contributed by atoms with Gasteiger partial charge in [-0.05, 0) is 31.7 Å². The molecule has 1 aromatic carbocycles. The Morgan fingerprint density at radius 1 is 1.32 bits per heavy atom. The molecule has 22 heavy (non-hydrogen) atoms. The maximum absolute atomic E-state index is 12.0. The first-order valence-corrected chi connectivity index (χ1v) is 7.45. The molecule has 0 bridgehead atoms. The molecule has 0 aromatic heterocycles. The number of carbonyl (C=O) groups excluding carboxylic acids is 1. The summed E-state index contributed by atoms with van der Waals surface area (Å²) in [6, 6.07) is 11.2. The molecule has 1 heterocycles. The first-order valence-electron chi connectivity index (χ1n) is 7.45. The van der Waals surface area contributed by atoms with Gasteiger partial charge in [0.05, 0.1) is 5.54 Å². The van der Waals surface area contributed by atoms with Gasteiger partial charge in [0, 0.05) is 25.2 Å². The number of nitrogens with one attached hydrogen (secondary N) is 1. The third kappa shape index (κ3) is 4.35. The monoisotopic (exact) mass is 345 g/mol. The van der Waals surface area contributed by atoms with Gasteiger partial charge in [0.15, 0.2) is 0 Å². The van der Waals surface area contributed by atoms with Gasteiger partial charge in [-0.1, -0.05) is 30.3 Å². The molecule has 1 saturated carbocycles. The summed E-state index contributed by atoms with van der Waals surface area (Å²) in [7, 11) is 0.